The Morgan fingerprint density at radius 1 is 1.22 bits per heavy atom. The van der Waals surface area contributed by atoms with Gasteiger partial charge in [-0.15, -0.1) is 0 Å². The number of carbonyl (C=O) groups is 2. The topological polar surface area (TPSA) is 97.6 Å². The van der Waals surface area contributed by atoms with E-state index in [0.717, 1.165) is 12.8 Å². The number of rotatable bonds is 7. The van der Waals surface area contributed by atoms with Gasteiger partial charge in [-0.05, 0) is 24.6 Å². The van der Waals surface area contributed by atoms with Crippen LogP contribution in [0.15, 0.2) is 28.8 Å². The van der Waals surface area contributed by atoms with Gasteiger partial charge >= 0.3 is 0 Å². The number of benzene rings is 1. The Kier molecular flexibility index (Phi) is 6.54. The van der Waals surface area contributed by atoms with Crippen LogP contribution in [0.4, 0.5) is 5.69 Å². The number of hydrogen-bond donors (Lipinski definition) is 1. The molecule has 0 spiro atoms. The minimum atomic E-state index is -0.166. The van der Waals surface area contributed by atoms with Crippen LogP contribution in [0.25, 0.3) is 0 Å². The van der Waals surface area contributed by atoms with Crippen LogP contribution >= 0.6 is 0 Å². The van der Waals surface area contributed by atoms with E-state index in [4.69, 9.17) is 9.26 Å². The molecule has 1 aromatic carbocycles. The number of amides is 2. The average molecular weight is 372 g/mol. The zero-order chi connectivity index (χ0) is 19.1. The predicted molar refractivity (Wildman–Crippen MR) is 98.4 cm³/mol. The van der Waals surface area contributed by atoms with Crippen LogP contribution < -0.4 is 5.32 Å². The van der Waals surface area contributed by atoms with Gasteiger partial charge in [-0.3, -0.25) is 9.59 Å². The fraction of sp³-hybridized carbons (Fsp3) is 0.474. The van der Waals surface area contributed by atoms with Crippen LogP contribution in [0, 0.1) is 0 Å². The lowest BCUT2D eigenvalue weighted by Crippen LogP contribution is -2.40. The quantitative estimate of drug-likeness (QED) is 0.799. The molecular weight excluding hydrogens is 348 g/mol. The molecule has 1 N–H and O–H groups in total. The summed E-state index contributed by atoms with van der Waals surface area (Å²) in [5.41, 5.74) is 1.15. The zero-order valence-electron chi connectivity index (χ0n) is 15.4. The number of aromatic nitrogens is 2. The summed E-state index contributed by atoms with van der Waals surface area (Å²) < 4.78 is 10.4. The Bertz CT molecular complexity index is 784. The van der Waals surface area contributed by atoms with Gasteiger partial charge in [0.05, 0.1) is 13.2 Å². The number of ether oxygens (including phenoxy) is 1. The molecule has 3 rings (SSSR count). The van der Waals surface area contributed by atoms with E-state index in [1.54, 1.807) is 29.2 Å². The van der Waals surface area contributed by atoms with E-state index in [-0.39, 0.29) is 18.2 Å². The number of carbonyl (C=O) groups excluding carboxylic acids is 2. The Morgan fingerprint density at radius 2 is 2.04 bits per heavy atom. The molecule has 1 saturated heterocycles. The first-order valence-electron chi connectivity index (χ1n) is 9.24. The van der Waals surface area contributed by atoms with Gasteiger partial charge in [-0.1, -0.05) is 18.1 Å². The van der Waals surface area contributed by atoms with Gasteiger partial charge in [0.2, 0.25) is 11.8 Å². The third kappa shape index (κ3) is 5.37. The largest absolute Gasteiger partial charge is 0.378 e. The Morgan fingerprint density at radius 3 is 2.81 bits per heavy atom. The molecular formula is C19H24N4O4. The Balaban J connectivity index is 1.53. The fourth-order valence-electron chi connectivity index (χ4n) is 2.84. The maximum atomic E-state index is 12.5. The second-order valence-electron chi connectivity index (χ2n) is 6.39. The number of aryl methyl sites for hydroxylation is 2. The number of nitrogens with zero attached hydrogens (tertiary/aromatic N) is 3. The lowest BCUT2D eigenvalue weighted by atomic mass is 10.1. The van der Waals surface area contributed by atoms with Crippen LogP contribution in [-0.2, 0) is 22.4 Å². The monoisotopic (exact) mass is 372 g/mol. The molecule has 1 fully saturated rings. The fourth-order valence-corrected chi connectivity index (χ4v) is 2.84. The van der Waals surface area contributed by atoms with E-state index in [1.807, 2.05) is 6.92 Å². The third-order valence-electron chi connectivity index (χ3n) is 4.24. The number of nitrogens with one attached hydrogen (secondary N) is 1. The molecule has 2 amide bonds. The first-order chi connectivity index (χ1) is 13.2. The molecule has 0 unspecified atom stereocenters. The molecule has 1 aliphatic heterocycles. The van der Waals surface area contributed by atoms with E-state index in [0.29, 0.717) is 55.7 Å². The molecule has 2 heterocycles. The van der Waals surface area contributed by atoms with Crippen molar-refractivity contribution in [3.63, 3.8) is 0 Å². The van der Waals surface area contributed by atoms with E-state index in [1.165, 1.54) is 0 Å². The van der Waals surface area contributed by atoms with Crippen LogP contribution in [0.2, 0.25) is 0 Å². The average Bonchev–Trinajstić information content (AvgIpc) is 3.14. The second-order valence-corrected chi connectivity index (χ2v) is 6.39. The molecule has 0 atom stereocenters. The molecule has 8 heteroatoms. The highest BCUT2D eigenvalue weighted by Gasteiger charge is 2.19. The van der Waals surface area contributed by atoms with Gasteiger partial charge in [0.1, 0.15) is 0 Å². The van der Waals surface area contributed by atoms with E-state index < -0.39 is 0 Å². The molecule has 2 aromatic rings. The van der Waals surface area contributed by atoms with E-state index in [2.05, 4.69) is 15.5 Å². The molecule has 0 bridgehead atoms. The minimum absolute atomic E-state index is 0.0521. The second kappa shape index (κ2) is 9.27. The van der Waals surface area contributed by atoms with Gasteiger partial charge in [-0.2, -0.15) is 4.98 Å². The van der Waals surface area contributed by atoms with Gasteiger partial charge in [0, 0.05) is 43.6 Å². The first kappa shape index (κ1) is 19.0. The maximum absolute atomic E-state index is 12.5. The smallest absolute Gasteiger partial charge is 0.254 e. The van der Waals surface area contributed by atoms with Crippen LogP contribution in [0.3, 0.4) is 0 Å². The van der Waals surface area contributed by atoms with Gasteiger partial charge in [0.25, 0.3) is 5.91 Å². The van der Waals surface area contributed by atoms with E-state index >= 15 is 0 Å². The first-order valence-corrected chi connectivity index (χ1v) is 9.24. The van der Waals surface area contributed by atoms with Gasteiger partial charge in [-0.25, -0.2) is 0 Å². The summed E-state index contributed by atoms with van der Waals surface area (Å²) in [5.74, 6) is 0.914. The van der Waals surface area contributed by atoms with Crippen molar-refractivity contribution in [3.8, 4) is 0 Å². The van der Waals surface area contributed by atoms with Crippen molar-refractivity contribution in [1.82, 2.24) is 15.0 Å². The molecule has 0 saturated carbocycles. The zero-order valence-corrected chi connectivity index (χ0v) is 15.4. The van der Waals surface area contributed by atoms with Crippen molar-refractivity contribution < 1.29 is 18.8 Å². The summed E-state index contributed by atoms with van der Waals surface area (Å²) in [6, 6.07) is 6.97. The molecule has 27 heavy (non-hydrogen) atoms. The van der Waals surface area contributed by atoms with E-state index in [9.17, 15) is 9.59 Å². The third-order valence-corrected chi connectivity index (χ3v) is 4.24. The lowest BCUT2D eigenvalue weighted by molar-refractivity contribution is -0.116. The van der Waals surface area contributed by atoms with Crippen molar-refractivity contribution in [2.45, 2.75) is 32.6 Å². The molecule has 1 aliphatic rings. The Hall–Kier alpha value is -2.74. The van der Waals surface area contributed by atoms with Crippen molar-refractivity contribution >= 4 is 17.5 Å². The predicted octanol–water partition coefficient (Wildman–Crippen LogP) is 2.07. The SMILES string of the molecule is CCCc1noc(CCC(=O)Nc2cccc(C(=O)N3CCOCC3)c2)n1. The lowest BCUT2D eigenvalue weighted by Gasteiger charge is -2.27. The summed E-state index contributed by atoms with van der Waals surface area (Å²) in [4.78, 5) is 30.7. The van der Waals surface area contributed by atoms with Crippen molar-refractivity contribution in [1.29, 1.82) is 0 Å². The summed E-state index contributed by atoms with van der Waals surface area (Å²) in [6.45, 7) is 4.32. The molecule has 144 valence electrons. The van der Waals surface area contributed by atoms with Crippen molar-refractivity contribution in [3.05, 3.63) is 41.5 Å². The van der Waals surface area contributed by atoms with Crippen LogP contribution in [0.1, 0.15) is 41.8 Å². The summed E-state index contributed by atoms with van der Waals surface area (Å²) in [5, 5.41) is 6.69. The summed E-state index contributed by atoms with van der Waals surface area (Å²) >= 11 is 0. The highest BCUT2D eigenvalue weighted by molar-refractivity contribution is 5.97. The van der Waals surface area contributed by atoms with Crippen molar-refractivity contribution in [2.75, 3.05) is 31.6 Å². The van der Waals surface area contributed by atoms with Crippen LogP contribution in [-0.4, -0.2) is 53.2 Å². The Labute approximate surface area is 157 Å². The normalized spacial score (nSPS) is 14.2. The minimum Gasteiger partial charge on any atom is -0.378 e. The van der Waals surface area contributed by atoms with Gasteiger partial charge < -0.3 is 19.5 Å². The molecule has 0 aliphatic carbocycles. The highest BCUT2D eigenvalue weighted by Crippen LogP contribution is 2.14. The molecule has 0 radical (unpaired) electrons. The van der Waals surface area contributed by atoms with Crippen molar-refractivity contribution in [2.24, 2.45) is 0 Å². The van der Waals surface area contributed by atoms with Crippen LogP contribution in [0.5, 0.6) is 0 Å². The number of anilines is 1. The standard InChI is InChI=1S/C19H24N4O4/c1-2-4-16-21-18(27-22-16)8-7-17(24)20-15-6-3-5-14(13-15)19(25)23-9-11-26-12-10-23/h3,5-6,13H,2,4,7-12H2,1H3,(H,20,24). The highest BCUT2D eigenvalue weighted by atomic mass is 16.5. The summed E-state index contributed by atoms with van der Waals surface area (Å²) in [7, 11) is 0. The van der Waals surface area contributed by atoms with Gasteiger partial charge in [0.15, 0.2) is 5.82 Å². The molecule has 1 aromatic heterocycles. The number of morpholine rings is 1. The summed E-state index contributed by atoms with van der Waals surface area (Å²) in [6.07, 6.45) is 2.32. The number of hydrogen-bond acceptors (Lipinski definition) is 6. The maximum Gasteiger partial charge on any atom is 0.254 e. The molecule has 8 nitrogen and oxygen atoms in total.